The molecule has 0 unspecified atom stereocenters. The van der Waals surface area contributed by atoms with Crippen LogP contribution in [0, 0.1) is 20.8 Å². The van der Waals surface area contributed by atoms with E-state index in [9.17, 15) is 0 Å². The van der Waals surface area contributed by atoms with E-state index in [-0.39, 0.29) is 11.0 Å². The number of anilines is 1. The van der Waals surface area contributed by atoms with Crippen LogP contribution in [-0.2, 0) is 18.5 Å². The van der Waals surface area contributed by atoms with Crippen LogP contribution in [0.1, 0.15) is 59.7 Å². The average molecular weight is 458 g/mol. The molecule has 0 amide bonds. The van der Waals surface area contributed by atoms with E-state index in [1.165, 1.54) is 44.6 Å². The van der Waals surface area contributed by atoms with Crippen LogP contribution in [0.2, 0.25) is 0 Å². The lowest BCUT2D eigenvalue weighted by atomic mass is 9.66. The summed E-state index contributed by atoms with van der Waals surface area (Å²) >= 11 is 0. The number of hydrogen-bond donors (Lipinski definition) is 0. The fourth-order valence-corrected chi connectivity index (χ4v) is 5.87. The summed E-state index contributed by atoms with van der Waals surface area (Å²) in [6, 6.07) is 15.5. The van der Waals surface area contributed by atoms with Crippen molar-refractivity contribution in [2.24, 2.45) is 0 Å². The van der Waals surface area contributed by atoms with E-state index in [1.54, 1.807) is 14.2 Å². The Labute approximate surface area is 203 Å². The minimum absolute atomic E-state index is 0.264. The first-order chi connectivity index (χ1) is 16.1. The van der Waals surface area contributed by atoms with Crippen molar-refractivity contribution < 1.29 is 14.2 Å². The molecule has 0 fully saturated rings. The molecule has 2 aliphatic rings. The molecule has 0 radical (unpaired) electrons. The second-order valence-corrected chi connectivity index (χ2v) is 10.5. The number of nitrogens with zero attached hydrogens (tertiary/aromatic N) is 1. The van der Waals surface area contributed by atoms with E-state index in [2.05, 4.69) is 88.9 Å². The molecule has 178 valence electrons. The van der Waals surface area contributed by atoms with Crippen molar-refractivity contribution in [3.05, 3.63) is 81.4 Å². The van der Waals surface area contributed by atoms with Gasteiger partial charge in [0.15, 0.2) is 11.5 Å². The standard InChI is InChI=1S/C30H35NO3/c1-18-9-11-23(12-10-18)30(6)27-20(3)24(13-19(2)28(27)34-29(30,4)5)31-16-21-14-25(32-7)26(33-8)15-22(21)17-31/h9-15H,16-17H2,1-8H3/t30-/m1/s1. The van der Waals surface area contributed by atoms with Crippen molar-refractivity contribution in [2.75, 3.05) is 19.1 Å². The molecule has 0 bridgehead atoms. The van der Waals surface area contributed by atoms with Crippen LogP contribution >= 0.6 is 0 Å². The number of rotatable bonds is 4. The van der Waals surface area contributed by atoms with Gasteiger partial charge in [0.25, 0.3) is 0 Å². The third-order valence-electron chi connectivity index (χ3n) is 8.16. The van der Waals surface area contributed by atoms with Gasteiger partial charge in [0.1, 0.15) is 11.4 Å². The molecule has 0 aromatic heterocycles. The topological polar surface area (TPSA) is 30.9 Å². The van der Waals surface area contributed by atoms with Crippen molar-refractivity contribution in [3.63, 3.8) is 0 Å². The monoisotopic (exact) mass is 457 g/mol. The molecule has 0 spiro atoms. The van der Waals surface area contributed by atoms with Gasteiger partial charge in [-0.3, -0.25) is 0 Å². The lowest BCUT2D eigenvalue weighted by Crippen LogP contribution is -2.45. The third kappa shape index (κ3) is 3.11. The van der Waals surface area contributed by atoms with Crippen molar-refractivity contribution in [3.8, 4) is 17.2 Å². The molecule has 34 heavy (non-hydrogen) atoms. The van der Waals surface area contributed by atoms with E-state index < -0.39 is 0 Å². The van der Waals surface area contributed by atoms with Crippen molar-refractivity contribution in [2.45, 2.75) is 65.6 Å². The van der Waals surface area contributed by atoms with Crippen LogP contribution in [0.25, 0.3) is 0 Å². The van der Waals surface area contributed by atoms with Crippen molar-refractivity contribution >= 4 is 5.69 Å². The Hall–Kier alpha value is -3.14. The van der Waals surface area contributed by atoms with Gasteiger partial charge in [-0.1, -0.05) is 29.8 Å². The fraction of sp³-hybridized carbons (Fsp3) is 0.400. The number of aryl methyl sites for hydroxylation is 2. The molecule has 0 aliphatic carbocycles. The second kappa shape index (κ2) is 7.69. The first-order valence-electron chi connectivity index (χ1n) is 12.0. The predicted molar refractivity (Wildman–Crippen MR) is 138 cm³/mol. The molecule has 1 atom stereocenters. The molecule has 3 aromatic carbocycles. The van der Waals surface area contributed by atoms with Crippen LogP contribution in [0.15, 0.2) is 42.5 Å². The van der Waals surface area contributed by atoms with Crippen molar-refractivity contribution in [1.82, 2.24) is 0 Å². The molecular weight excluding hydrogens is 422 g/mol. The van der Waals surface area contributed by atoms with E-state index in [0.29, 0.717) is 0 Å². The molecule has 5 rings (SSSR count). The average Bonchev–Trinajstić information content (AvgIpc) is 3.31. The van der Waals surface area contributed by atoms with Gasteiger partial charge in [-0.25, -0.2) is 0 Å². The number of ether oxygens (including phenoxy) is 3. The second-order valence-electron chi connectivity index (χ2n) is 10.5. The summed E-state index contributed by atoms with van der Waals surface area (Å²) in [6.45, 7) is 15.0. The zero-order valence-electron chi connectivity index (χ0n) is 21.6. The number of fused-ring (bicyclic) bond motifs is 2. The van der Waals surface area contributed by atoms with Gasteiger partial charge in [-0.15, -0.1) is 0 Å². The summed E-state index contributed by atoms with van der Waals surface area (Å²) in [7, 11) is 3.39. The van der Waals surface area contributed by atoms with E-state index in [4.69, 9.17) is 14.2 Å². The van der Waals surface area contributed by atoms with E-state index >= 15 is 0 Å². The summed E-state index contributed by atoms with van der Waals surface area (Å²) < 4.78 is 17.8. The summed E-state index contributed by atoms with van der Waals surface area (Å²) in [6.07, 6.45) is 0. The minimum atomic E-state index is -0.368. The Morgan fingerprint density at radius 1 is 0.824 bits per heavy atom. The highest BCUT2D eigenvalue weighted by atomic mass is 16.5. The molecule has 4 heteroatoms. The summed E-state index contributed by atoms with van der Waals surface area (Å²) in [5.74, 6) is 2.61. The lowest BCUT2D eigenvalue weighted by molar-refractivity contribution is 0.0806. The van der Waals surface area contributed by atoms with Gasteiger partial charge in [-0.05, 0) is 87.6 Å². The van der Waals surface area contributed by atoms with Crippen LogP contribution in [0.3, 0.4) is 0 Å². The summed E-state index contributed by atoms with van der Waals surface area (Å²) in [5, 5.41) is 0. The van der Waals surface area contributed by atoms with Gasteiger partial charge in [0.2, 0.25) is 0 Å². The zero-order valence-corrected chi connectivity index (χ0v) is 21.6. The number of hydrogen-bond acceptors (Lipinski definition) is 4. The van der Waals surface area contributed by atoms with Gasteiger partial charge in [0.05, 0.1) is 19.6 Å². The van der Waals surface area contributed by atoms with Crippen LogP contribution in [-0.4, -0.2) is 19.8 Å². The number of benzene rings is 3. The molecule has 0 saturated carbocycles. The van der Waals surface area contributed by atoms with Crippen LogP contribution in [0.4, 0.5) is 5.69 Å². The smallest absolute Gasteiger partial charge is 0.161 e. The highest BCUT2D eigenvalue weighted by Crippen LogP contribution is 2.57. The molecular formula is C30H35NO3. The normalized spacial score (nSPS) is 20.1. The Balaban J connectivity index is 1.63. The van der Waals surface area contributed by atoms with Gasteiger partial charge in [-0.2, -0.15) is 0 Å². The van der Waals surface area contributed by atoms with Crippen molar-refractivity contribution in [1.29, 1.82) is 0 Å². The molecule has 0 N–H and O–H groups in total. The Bertz CT molecular complexity index is 1240. The Morgan fingerprint density at radius 2 is 1.38 bits per heavy atom. The predicted octanol–water partition coefficient (Wildman–Crippen LogP) is 6.63. The fourth-order valence-electron chi connectivity index (χ4n) is 5.87. The van der Waals surface area contributed by atoms with Gasteiger partial charge >= 0.3 is 0 Å². The summed E-state index contributed by atoms with van der Waals surface area (Å²) in [4.78, 5) is 2.47. The minimum Gasteiger partial charge on any atom is -0.493 e. The molecule has 3 aromatic rings. The van der Waals surface area contributed by atoms with Crippen LogP contribution in [0.5, 0.6) is 17.2 Å². The zero-order chi connectivity index (χ0) is 24.4. The molecule has 2 heterocycles. The van der Waals surface area contributed by atoms with Gasteiger partial charge < -0.3 is 19.1 Å². The lowest BCUT2D eigenvalue weighted by Gasteiger charge is -2.38. The molecule has 2 aliphatic heterocycles. The highest BCUT2D eigenvalue weighted by molar-refractivity contribution is 5.71. The summed E-state index contributed by atoms with van der Waals surface area (Å²) in [5.41, 5.74) is 9.56. The Morgan fingerprint density at radius 3 is 1.91 bits per heavy atom. The maximum absolute atomic E-state index is 6.69. The first-order valence-corrected chi connectivity index (χ1v) is 12.0. The maximum Gasteiger partial charge on any atom is 0.161 e. The van der Waals surface area contributed by atoms with Crippen LogP contribution < -0.4 is 19.1 Å². The number of methoxy groups -OCH3 is 2. The highest BCUT2D eigenvalue weighted by Gasteiger charge is 2.54. The van der Waals surface area contributed by atoms with E-state index in [1.807, 2.05) is 0 Å². The van der Waals surface area contributed by atoms with Gasteiger partial charge in [0, 0.05) is 24.3 Å². The molecule has 4 nitrogen and oxygen atoms in total. The Kier molecular flexibility index (Phi) is 5.12. The molecule has 0 saturated heterocycles. The largest absolute Gasteiger partial charge is 0.493 e. The quantitative estimate of drug-likeness (QED) is 0.440. The SMILES string of the molecule is COc1cc2c(cc1OC)CN(c1cc(C)c3c(c1C)[C@@](C)(c1ccc(C)cc1)C(C)(C)O3)C2. The third-order valence-corrected chi connectivity index (χ3v) is 8.16. The first kappa shape index (κ1) is 22.6. The van der Waals surface area contributed by atoms with E-state index in [0.717, 1.165) is 30.3 Å². The maximum atomic E-state index is 6.69.